The number of nitrogens with two attached hydrogens (primary N) is 1. The van der Waals surface area contributed by atoms with Crippen LogP contribution in [0.15, 0.2) is 18.3 Å². The van der Waals surface area contributed by atoms with Gasteiger partial charge in [-0.25, -0.2) is 4.39 Å². The van der Waals surface area contributed by atoms with Gasteiger partial charge in [-0.05, 0) is 17.7 Å². The van der Waals surface area contributed by atoms with Gasteiger partial charge in [-0.3, -0.25) is 4.68 Å². The SMILES string of the molecule is COc1cc(-c2cnn(C)c2N)cc(CF)c1OC. The Balaban J connectivity index is 2.62. The van der Waals surface area contributed by atoms with Gasteiger partial charge < -0.3 is 15.2 Å². The summed E-state index contributed by atoms with van der Waals surface area (Å²) in [5.74, 6) is 1.38. The highest BCUT2D eigenvalue weighted by Gasteiger charge is 2.15. The number of aromatic nitrogens is 2. The van der Waals surface area contributed by atoms with Gasteiger partial charge in [-0.1, -0.05) is 0 Å². The Morgan fingerprint density at radius 3 is 2.53 bits per heavy atom. The average molecular weight is 265 g/mol. The minimum Gasteiger partial charge on any atom is -0.493 e. The van der Waals surface area contributed by atoms with Crippen molar-refractivity contribution in [2.24, 2.45) is 7.05 Å². The van der Waals surface area contributed by atoms with E-state index in [0.29, 0.717) is 22.9 Å². The molecule has 0 aliphatic heterocycles. The van der Waals surface area contributed by atoms with Crippen molar-refractivity contribution in [3.05, 3.63) is 23.9 Å². The van der Waals surface area contributed by atoms with E-state index < -0.39 is 6.67 Å². The summed E-state index contributed by atoms with van der Waals surface area (Å²) in [7, 11) is 4.74. The first-order valence-electron chi connectivity index (χ1n) is 5.71. The summed E-state index contributed by atoms with van der Waals surface area (Å²) in [5, 5.41) is 4.07. The lowest BCUT2D eigenvalue weighted by molar-refractivity contribution is 0.345. The lowest BCUT2D eigenvalue weighted by atomic mass is 10.0. The first-order chi connectivity index (χ1) is 9.12. The zero-order valence-corrected chi connectivity index (χ0v) is 11.1. The van der Waals surface area contributed by atoms with Gasteiger partial charge in [0.25, 0.3) is 0 Å². The number of nitrogens with zero attached hydrogens (tertiary/aromatic N) is 2. The molecular weight excluding hydrogens is 249 g/mol. The number of hydrogen-bond acceptors (Lipinski definition) is 4. The topological polar surface area (TPSA) is 62.3 Å². The first-order valence-corrected chi connectivity index (χ1v) is 5.71. The number of nitrogen functional groups attached to an aromatic ring is 1. The van der Waals surface area contributed by atoms with Crippen molar-refractivity contribution in [3.63, 3.8) is 0 Å². The van der Waals surface area contributed by atoms with E-state index in [9.17, 15) is 4.39 Å². The monoisotopic (exact) mass is 265 g/mol. The van der Waals surface area contributed by atoms with E-state index in [2.05, 4.69) is 5.10 Å². The molecular formula is C13H16FN3O2. The van der Waals surface area contributed by atoms with E-state index in [-0.39, 0.29) is 0 Å². The summed E-state index contributed by atoms with van der Waals surface area (Å²) in [6.45, 7) is -0.645. The molecule has 0 aliphatic carbocycles. The van der Waals surface area contributed by atoms with Crippen LogP contribution in [0.1, 0.15) is 5.56 Å². The molecule has 0 bridgehead atoms. The summed E-state index contributed by atoms with van der Waals surface area (Å²) in [4.78, 5) is 0. The number of aryl methyl sites for hydroxylation is 1. The summed E-state index contributed by atoms with van der Waals surface area (Å²) in [6, 6.07) is 3.44. The second-order valence-electron chi connectivity index (χ2n) is 4.07. The van der Waals surface area contributed by atoms with E-state index in [0.717, 1.165) is 11.1 Å². The van der Waals surface area contributed by atoms with Crippen LogP contribution in [0.5, 0.6) is 11.5 Å². The number of hydrogen-bond donors (Lipinski definition) is 1. The van der Waals surface area contributed by atoms with Crippen molar-refractivity contribution in [3.8, 4) is 22.6 Å². The van der Waals surface area contributed by atoms with Crippen molar-refractivity contribution in [2.45, 2.75) is 6.67 Å². The molecule has 0 atom stereocenters. The van der Waals surface area contributed by atoms with Crippen LogP contribution >= 0.6 is 0 Å². The standard InChI is InChI=1S/C13H16FN3O2/c1-17-13(15)10(7-16-17)8-4-9(6-14)12(19-3)11(5-8)18-2/h4-5,7H,6,15H2,1-3H3. The van der Waals surface area contributed by atoms with Gasteiger partial charge in [0.05, 0.1) is 20.4 Å². The molecule has 0 unspecified atom stereocenters. The molecule has 0 amide bonds. The van der Waals surface area contributed by atoms with Crippen LogP contribution in [-0.4, -0.2) is 24.0 Å². The third-order valence-corrected chi connectivity index (χ3v) is 3.00. The summed E-state index contributed by atoms with van der Waals surface area (Å²) in [6.07, 6.45) is 1.64. The van der Waals surface area contributed by atoms with Crippen LogP contribution in [0.2, 0.25) is 0 Å². The fourth-order valence-electron chi connectivity index (χ4n) is 1.97. The second kappa shape index (κ2) is 5.17. The molecule has 0 aliphatic rings. The van der Waals surface area contributed by atoms with E-state index in [1.807, 2.05) is 0 Å². The van der Waals surface area contributed by atoms with E-state index >= 15 is 0 Å². The van der Waals surface area contributed by atoms with Crippen molar-refractivity contribution in [1.82, 2.24) is 9.78 Å². The predicted octanol–water partition coefficient (Wildman–Crippen LogP) is 2.16. The van der Waals surface area contributed by atoms with Gasteiger partial charge in [-0.15, -0.1) is 0 Å². The lowest BCUT2D eigenvalue weighted by Crippen LogP contribution is -1.99. The lowest BCUT2D eigenvalue weighted by Gasteiger charge is -2.13. The fourth-order valence-corrected chi connectivity index (χ4v) is 1.97. The van der Waals surface area contributed by atoms with E-state index in [1.54, 1.807) is 30.1 Å². The number of ether oxygens (including phenoxy) is 2. The summed E-state index contributed by atoms with van der Waals surface area (Å²) in [5.41, 5.74) is 7.82. The van der Waals surface area contributed by atoms with Crippen LogP contribution in [0.4, 0.5) is 10.2 Å². The van der Waals surface area contributed by atoms with Crippen LogP contribution in [-0.2, 0) is 13.7 Å². The normalized spacial score (nSPS) is 10.5. The van der Waals surface area contributed by atoms with Gasteiger partial charge in [0.15, 0.2) is 11.5 Å². The molecule has 2 rings (SSSR count). The highest BCUT2D eigenvalue weighted by atomic mass is 19.1. The Kier molecular flexibility index (Phi) is 3.59. The van der Waals surface area contributed by atoms with Gasteiger partial charge in [-0.2, -0.15) is 5.10 Å². The third kappa shape index (κ3) is 2.21. The molecule has 1 heterocycles. The second-order valence-corrected chi connectivity index (χ2v) is 4.07. The molecule has 1 aromatic carbocycles. The molecule has 19 heavy (non-hydrogen) atoms. The predicted molar refractivity (Wildman–Crippen MR) is 71.0 cm³/mol. The molecule has 2 aromatic rings. The maximum absolute atomic E-state index is 13.1. The Labute approximate surface area is 110 Å². The minimum absolute atomic E-state index is 0.399. The van der Waals surface area contributed by atoms with Crippen molar-refractivity contribution < 1.29 is 13.9 Å². The van der Waals surface area contributed by atoms with Crippen LogP contribution in [0.3, 0.4) is 0 Å². The molecule has 1 aromatic heterocycles. The minimum atomic E-state index is -0.645. The molecule has 2 N–H and O–H groups in total. The Morgan fingerprint density at radius 1 is 1.32 bits per heavy atom. The van der Waals surface area contributed by atoms with Gasteiger partial charge in [0.1, 0.15) is 12.5 Å². The van der Waals surface area contributed by atoms with Crippen LogP contribution in [0, 0.1) is 0 Å². The van der Waals surface area contributed by atoms with E-state index in [1.165, 1.54) is 14.2 Å². The highest BCUT2D eigenvalue weighted by molar-refractivity contribution is 5.76. The fraction of sp³-hybridized carbons (Fsp3) is 0.308. The van der Waals surface area contributed by atoms with E-state index in [4.69, 9.17) is 15.2 Å². The van der Waals surface area contributed by atoms with Crippen molar-refractivity contribution >= 4 is 5.82 Å². The molecule has 5 nitrogen and oxygen atoms in total. The third-order valence-electron chi connectivity index (χ3n) is 3.00. The molecule has 102 valence electrons. The summed E-state index contributed by atoms with van der Waals surface area (Å²) >= 11 is 0. The number of anilines is 1. The Bertz CT molecular complexity index is 571. The molecule has 0 fully saturated rings. The zero-order chi connectivity index (χ0) is 14.0. The zero-order valence-electron chi connectivity index (χ0n) is 11.1. The number of alkyl halides is 1. The molecule has 0 saturated heterocycles. The molecule has 0 saturated carbocycles. The van der Waals surface area contributed by atoms with Crippen LogP contribution < -0.4 is 15.2 Å². The van der Waals surface area contributed by atoms with Gasteiger partial charge in [0.2, 0.25) is 0 Å². The van der Waals surface area contributed by atoms with Crippen LogP contribution in [0.25, 0.3) is 11.1 Å². The number of benzene rings is 1. The highest BCUT2D eigenvalue weighted by Crippen LogP contribution is 2.38. The van der Waals surface area contributed by atoms with Gasteiger partial charge >= 0.3 is 0 Å². The summed E-state index contributed by atoms with van der Waals surface area (Å²) < 4.78 is 25.1. The molecule has 0 spiro atoms. The largest absolute Gasteiger partial charge is 0.493 e. The molecule has 6 heteroatoms. The number of rotatable bonds is 4. The maximum Gasteiger partial charge on any atom is 0.166 e. The van der Waals surface area contributed by atoms with Gasteiger partial charge in [0, 0.05) is 18.2 Å². The Morgan fingerprint density at radius 2 is 2.05 bits per heavy atom. The first kappa shape index (κ1) is 13.2. The maximum atomic E-state index is 13.1. The quantitative estimate of drug-likeness (QED) is 0.920. The average Bonchev–Trinajstić information content (AvgIpc) is 2.77. The van der Waals surface area contributed by atoms with Crippen molar-refractivity contribution in [1.29, 1.82) is 0 Å². The number of halogens is 1. The molecule has 0 radical (unpaired) electrons. The number of methoxy groups -OCH3 is 2. The smallest absolute Gasteiger partial charge is 0.166 e. The van der Waals surface area contributed by atoms with Crippen molar-refractivity contribution in [2.75, 3.05) is 20.0 Å². The Hall–Kier alpha value is -2.24.